The van der Waals surface area contributed by atoms with E-state index in [1.165, 1.54) is 27.5 Å². The second-order valence-corrected chi connectivity index (χ2v) is 5.10. The van der Waals surface area contributed by atoms with E-state index in [1.807, 2.05) is 12.1 Å². The van der Waals surface area contributed by atoms with Crippen molar-refractivity contribution in [2.24, 2.45) is 0 Å². The van der Waals surface area contributed by atoms with E-state index in [2.05, 4.69) is 55.5 Å². The van der Waals surface area contributed by atoms with Crippen LogP contribution in [0.4, 0.5) is 5.69 Å². The molecule has 0 heterocycles. The molecule has 0 atom stereocenters. The number of benzene rings is 3. The van der Waals surface area contributed by atoms with E-state index in [-0.39, 0.29) is 0 Å². The number of hydrogen-bond acceptors (Lipinski definition) is 1. The average Bonchev–Trinajstić information content (AvgIpc) is 2.42. The number of rotatable bonds is 2. The number of nitrogens with two attached hydrogens (primary N) is 1. The first kappa shape index (κ1) is 11.8. The largest absolute Gasteiger partial charge is 0.399 e. The van der Waals surface area contributed by atoms with E-state index in [9.17, 15) is 0 Å². The molecular weight excluding hydrogens is 230 g/mol. The highest BCUT2D eigenvalue weighted by Gasteiger charge is 1.99. The van der Waals surface area contributed by atoms with Gasteiger partial charge in [-0.15, -0.1) is 0 Å². The molecule has 0 aliphatic rings. The summed E-state index contributed by atoms with van der Waals surface area (Å²) in [4.78, 5) is 0. The molecule has 0 aliphatic heterocycles. The van der Waals surface area contributed by atoms with E-state index < -0.39 is 0 Å². The maximum absolute atomic E-state index is 5.71. The fourth-order valence-electron chi connectivity index (χ4n) is 2.40. The molecule has 3 aromatic rings. The molecule has 0 saturated heterocycles. The van der Waals surface area contributed by atoms with E-state index in [0.29, 0.717) is 0 Å². The lowest BCUT2D eigenvalue weighted by Gasteiger charge is -2.05. The summed E-state index contributed by atoms with van der Waals surface area (Å²) in [5.41, 5.74) is 10.5. The van der Waals surface area contributed by atoms with E-state index in [0.717, 1.165) is 12.1 Å². The Bertz CT molecular complexity index is 711. The molecule has 19 heavy (non-hydrogen) atoms. The van der Waals surface area contributed by atoms with Crippen molar-refractivity contribution in [2.75, 3.05) is 5.73 Å². The number of fused-ring (bicyclic) bond motifs is 1. The number of aryl methyl sites for hydroxylation is 1. The first-order valence-corrected chi connectivity index (χ1v) is 6.54. The zero-order chi connectivity index (χ0) is 13.2. The summed E-state index contributed by atoms with van der Waals surface area (Å²) >= 11 is 0. The van der Waals surface area contributed by atoms with Crippen LogP contribution in [0.25, 0.3) is 10.8 Å². The van der Waals surface area contributed by atoms with Gasteiger partial charge in [-0.05, 0) is 47.4 Å². The molecule has 0 fully saturated rings. The van der Waals surface area contributed by atoms with Gasteiger partial charge in [-0.1, -0.05) is 54.1 Å². The molecule has 0 radical (unpaired) electrons. The minimum atomic E-state index is 0.817. The normalized spacial score (nSPS) is 10.8. The topological polar surface area (TPSA) is 26.0 Å². The number of nitrogen functional groups attached to an aromatic ring is 1. The molecule has 2 N–H and O–H groups in total. The van der Waals surface area contributed by atoms with Gasteiger partial charge in [0.2, 0.25) is 0 Å². The van der Waals surface area contributed by atoms with Crippen molar-refractivity contribution < 1.29 is 0 Å². The molecule has 0 spiro atoms. The highest BCUT2D eigenvalue weighted by Crippen LogP contribution is 2.20. The van der Waals surface area contributed by atoms with Crippen molar-refractivity contribution in [1.82, 2.24) is 0 Å². The Morgan fingerprint density at radius 1 is 0.737 bits per heavy atom. The zero-order valence-corrected chi connectivity index (χ0v) is 11.1. The van der Waals surface area contributed by atoms with Crippen LogP contribution in [0.2, 0.25) is 0 Å². The van der Waals surface area contributed by atoms with Gasteiger partial charge in [-0.25, -0.2) is 0 Å². The average molecular weight is 247 g/mol. The minimum absolute atomic E-state index is 0.817. The van der Waals surface area contributed by atoms with Gasteiger partial charge in [0.15, 0.2) is 0 Å². The van der Waals surface area contributed by atoms with Crippen molar-refractivity contribution in [2.45, 2.75) is 13.3 Å². The lowest BCUT2D eigenvalue weighted by atomic mass is 10.00. The maximum atomic E-state index is 5.71. The fourth-order valence-corrected chi connectivity index (χ4v) is 2.40. The summed E-state index contributed by atoms with van der Waals surface area (Å²) in [5.74, 6) is 0. The predicted molar refractivity (Wildman–Crippen MR) is 82.3 cm³/mol. The summed E-state index contributed by atoms with van der Waals surface area (Å²) in [6.45, 7) is 2.13. The van der Waals surface area contributed by atoms with Crippen molar-refractivity contribution in [3.05, 3.63) is 77.4 Å². The van der Waals surface area contributed by atoms with Crippen LogP contribution in [0.15, 0.2) is 60.7 Å². The summed E-state index contributed by atoms with van der Waals surface area (Å²) in [6, 6.07) is 21.4. The Kier molecular flexibility index (Phi) is 2.96. The zero-order valence-electron chi connectivity index (χ0n) is 11.1. The molecule has 1 nitrogen and oxygen atoms in total. The van der Waals surface area contributed by atoms with Crippen LogP contribution in [0.1, 0.15) is 16.7 Å². The van der Waals surface area contributed by atoms with Crippen molar-refractivity contribution in [3.63, 3.8) is 0 Å². The van der Waals surface area contributed by atoms with Crippen LogP contribution < -0.4 is 5.73 Å². The van der Waals surface area contributed by atoms with Crippen LogP contribution in [0, 0.1) is 6.92 Å². The standard InChI is InChI=1S/C18H17N/c1-13-2-6-17-12-15(3-7-16(17)10-13)11-14-4-8-18(19)9-5-14/h2-10,12H,11,19H2,1H3. The Morgan fingerprint density at radius 3 is 2.16 bits per heavy atom. The maximum Gasteiger partial charge on any atom is 0.0314 e. The monoisotopic (exact) mass is 247 g/mol. The Balaban J connectivity index is 1.93. The molecule has 0 aromatic heterocycles. The molecule has 3 aromatic carbocycles. The summed E-state index contributed by atoms with van der Waals surface area (Å²) in [5, 5.41) is 2.61. The third-order valence-electron chi connectivity index (χ3n) is 3.45. The predicted octanol–water partition coefficient (Wildman–Crippen LogP) is 4.32. The van der Waals surface area contributed by atoms with Crippen molar-refractivity contribution >= 4 is 16.5 Å². The van der Waals surface area contributed by atoms with Crippen molar-refractivity contribution in [1.29, 1.82) is 0 Å². The van der Waals surface area contributed by atoms with Crippen LogP contribution in [0.3, 0.4) is 0 Å². The quantitative estimate of drug-likeness (QED) is 0.670. The van der Waals surface area contributed by atoms with Crippen LogP contribution in [-0.4, -0.2) is 0 Å². The molecule has 1 heteroatoms. The molecule has 94 valence electrons. The van der Waals surface area contributed by atoms with Crippen LogP contribution in [-0.2, 0) is 6.42 Å². The molecule has 0 unspecified atom stereocenters. The molecule has 3 rings (SSSR count). The number of anilines is 1. The smallest absolute Gasteiger partial charge is 0.0314 e. The van der Waals surface area contributed by atoms with E-state index in [4.69, 9.17) is 5.73 Å². The molecular formula is C18H17N. The van der Waals surface area contributed by atoms with Crippen LogP contribution >= 0.6 is 0 Å². The van der Waals surface area contributed by atoms with Gasteiger partial charge in [0.05, 0.1) is 0 Å². The minimum Gasteiger partial charge on any atom is -0.399 e. The van der Waals surface area contributed by atoms with Gasteiger partial charge in [-0.3, -0.25) is 0 Å². The van der Waals surface area contributed by atoms with Crippen LogP contribution in [0.5, 0.6) is 0 Å². The summed E-state index contributed by atoms with van der Waals surface area (Å²) < 4.78 is 0. The Morgan fingerprint density at radius 2 is 1.37 bits per heavy atom. The highest BCUT2D eigenvalue weighted by atomic mass is 14.5. The molecule has 0 bridgehead atoms. The van der Waals surface area contributed by atoms with E-state index >= 15 is 0 Å². The Hall–Kier alpha value is -2.28. The van der Waals surface area contributed by atoms with Gasteiger partial charge >= 0.3 is 0 Å². The molecule has 0 amide bonds. The van der Waals surface area contributed by atoms with Gasteiger partial charge < -0.3 is 5.73 Å². The SMILES string of the molecule is Cc1ccc2cc(Cc3ccc(N)cc3)ccc2c1. The second kappa shape index (κ2) is 4.77. The third kappa shape index (κ3) is 2.60. The second-order valence-electron chi connectivity index (χ2n) is 5.10. The highest BCUT2D eigenvalue weighted by molar-refractivity contribution is 5.83. The first-order chi connectivity index (χ1) is 9.20. The lowest BCUT2D eigenvalue weighted by molar-refractivity contribution is 1.20. The van der Waals surface area contributed by atoms with Gasteiger partial charge in [0.25, 0.3) is 0 Å². The molecule has 0 aliphatic carbocycles. The summed E-state index contributed by atoms with van der Waals surface area (Å²) in [7, 11) is 0. The van der Waals surface area contributed by atoms with Gasteiger partial charge in [-0.2, -0.15) is 0 Å². The lowest BCUT2D eigenvalue weighted by Crippen LogP contribution is -1.90. The summed E-state index contributed by atoms with van der Waals surface area (Å²) in [6.07, 6.45) is 0.949. The fraction of sp³-hybridized carbons (Fsp3) is 0.111. The number of hydrogen-bond donors (Lipinski definition) is 1. The van der Waals surface area contributed by atoms with E-state index in [1.54, 1.807) is 0 Å². The van der Waals surface area contributed by atoms with Gasteiger partial charge in [0.1, 0.15) is 0 Å². The van der Waals surface area contributed by atoms with Crippen molar-refractivity contribution in [3.8, 4) is 0 Å². The molecule has 0 saturated carbocycles. The first-order valence-electron chi connectivity index (χ1n) is 6.54. The third-order valence-corrected chi connectivity index (χ3v) is 3.45. The van der Waals surface area contributed by atoms with Gasteiger partial charge in [0, 0.05) is 5.69 Å². The Labute approximate surface area is 113 Å².